The SMILES string of the molecule is Cc1nsc(-c2nnc3n2CCN(C2C(=O)C(C(C)C)CC[C@]2(C)c2ccccc2)C3C)n1. The molecular weight excluding hydrogens is 432 g/mol. The van der Waals surface area contributed by atoms with Crippen LogP contribution in [-0.4, -0.2) is 47.4 Å². The van der Waals surface area contributed by atoms with Gasteiger partial charge in [-0.1, -0.05) is 51.1 Å². The summed E-state index contributed by atoms with van der Waals surface area (Å²) < 4.78 is 6.47. The van der Waals surface area contributed by atoms with Crippen LogP contribution in [-0.2, 0) is 16.8 Å². The maximum atomic E-state index is 14.0. The Labute approximate surface area is 199 Å². The van der Waals surface area contributed by atoms with Crippen molar-refractivity contribution in [2.75, 3.05) is 6.54 Å². The van der Waals surface area contributed by atoms with E-state index in [-0.39, 0.29) is 23.4 Å². The Morgan fingerprint density at radius 1 is 1.15 bits per heavy atom. The second-order valence-electron chi connectivity index (χ2n) is 10.1. The van der Waals surface area contributed by atoms with Crippen LogP contribution >= 0.6 is 11.5 Å². The van der Waals surface area contributed by atoms with Gasteiger partial charge >= 0.3 is 0 Å². The van der Waals surface area contributed by atoms with Crippen LogP contribution in [0.5, 0.6) is 0 Å². The number of carbonyl (C=O) groups is 1. The molecule has 4 atom stereocenters. The van der Waals surface area contributed by atoms with Gasteiger partial charge in [0.1, 0.15) is 5.82 Å². The number of aryl methyl sites for hydroxylation is 1. The van der Waals surface area contributed by atoms with Crippen molar-refractivity contribution in [3.05, 3.63) is 47.5 Å². The second kappa shape index (κ2) is 8.40. The van der Waals surface area contributed by atoms with Crippen LogP contribution in [0.15, 0.2) is 30.3 Å². The molecule has 7 nitrogen and oxygen atoms in total. The van der Waals surface area contributed by atoms with Crippen LogP contribution in [0.25, 0.3) is 10.8 Å². The fourth-order valence-corrected chi connectivity index (χ4v) is 6.53. The number of nitrogens with zero attached hydrogens (tertiary/aromatic N) is 6. The summed E-state index contributed by atoms with van der Waals surface area (Å²) in [6, 6.07) is 10.4. The zero-order chi connectivity index (χ0) is 23.3. The fourth-order valence-electron chi connectivity index (χ4n) is 5.86. The third-order valence-electron chi connectivity index (χ3n) is 7.73. The van der Waals surface area contributed by atoms with Gasteiger partial charge in [0.2, 0.25) is 0 Å². The van der Waals surface area contributed by atoms with E-state index in [0.29, 0.717) is 11.7 Å². The maximum Gasteiger partial charge on any atom is 0.194 e. The molecule has 3 aromatic rings. The summed E-state index contributed by atoms with van der Waals surface area (Å²) in [6.07, 6.45) is 1.94. The molecule has 1 aliphatic carbocycles. The van der Waals surface area contributed by atoms with E-state index in [0.717, 1.165) is 48.4 Å². The van der Waals surface area contributed by atoms with Crippen LogP contribution in [0.4, 0.5) is 0 Å². The normalized spacial score (nSPS) is 28.3. The largest absolute Gasteiger partial charge is 0.306 e. The topological polar surface area (TPSA) is 76.8 Å². The van der Waals surface area contributed by atoms with Gasteiger partial charge in [0.25, 0.3) is 0 Å². The van der Waals surface area contributed by atoms with Crippen molar-refractivity contribution in [2.45, 2.75) is 71.5 Å². The van der Waals surface area contributed by atoms with Gasteiger partial charge in [-0.25, -0.2) is 4.98 Å². The molecule has 1 saturated carbocycles. The first kappa shape index (κ1) is 22.3. The van der Waals surface area contributed by atoms with Gasteiger partial charge in [0, 0.05) is 24.4 Å². The maximum absolute atomic E-state index is 14.0. The molecule has 0 spiro atoms. The average molecular weight is 465 g/mol. The van der Waals surface area contributed by atoms with Crippen molar-refractivity contribution < 1.29 is 4.79 Å². The summed E-state index contributed by atoms with van der Waals surface area (Å²) in [5, 5.41) is 9.84. The van der Waals surface area contributed by atoms with Crippen molar-refractivity contribution in [2.24, 2.45) is 11.8 Å². The van der Waals surface area contributed by atoms with E-state index in [9.17, 15) is 4.79 Å². The Bertz CT molecular complexity index is 1150. The first-order chi connectivity index (χ1) is 15.8. The number of benzene rings is 1. The highest BCUT2D eigenvalue weighted by molar-refractivity contribution is 7.09. The van der Waals surface area contributed by atoms with Crippen molar-refractivity contribution in [3.63, 3.8) is 0 Å². The Balaban J connectivity index is 1.54. The monoisotopic (exact) mass is 464 g/mol. The van der Waals surface area contributed by atoms with Crippen molar-refractivity contribution in [1.82, 2.24) is 29.0 Å². The van der Waals surface area contributed by atoms with Crippen LogP contribution in [0.1, 0.15) is 63.8 Å². The molecule has 1 aromatic carbocycles. The van der Waals surface area contributed by atoms with Crippen LogP contribution in [0.2, 0.25) is 0 Å². The molecule has 0 bridgehead atoms. The predicted octanol–water partition coefficient (Wildman–Crippen LogP) is 4.44. The van der Waals surface area contributed by atoms with Crippen LogP contribution < -0.4 is 0 Å². The number of hydrogen-bond donors (Lipinski definition) is 0. The number of rotatable bonds is 4. The first-order valence-corrected chi connectivity index (χ1v) is 12.7. The number of hydrogen-bond acceptors (Lipinski definition) is 7. The molecule has 2 aliphatic rings. The fraction of sp³-hybridized carbons (Fsp3) is 0.560. The van der Waals surface area contributed by atoms with Crippen LogP contribution in [0, 0.1) is 18.8 Å². The lowest BCUT2D eigenvalue weighted by Crippen LogP contribution is -2.61. The molecule has 0 radical (unpaired) electrons. The van der Waals surface area contributed by atoms with Crippen molar-refractivity contribution in [3.8, 4) is 10.8 Å². The molecule has 1 aliphatic heterocycles. The summed E-state index contributed by atoms with van der Waals surface area (Å²) in [6.45, 7) is 12.2. The first-order valence-electron chi connectivity index (χ1n) is 11.9. The van der Waals surface area contributed by atoms with Gasteiger partial charge in [0.15, 0.2) is 22.4 Å². The number of ketones is 1. The molecular formula is C25H32N6OS. The smallest absolute Gasteiger partial charge is 0.194 e. The summed E-state index contributed by atoms with van der Waals surface area (Å²) >= 11 is 1.36. The molecule has 33 heavy (non-hydrogen) atoms. The molecule has 2 aromatic heterocycles. The van der Waals surface area contributed by atoms with Crippen LogP contribution in [0.3, 0.4) is 0 Å². The lowest BCUT2D eigenvalue weighted by molar-refractivity contribution is -0.138. The molecule has 0 N–H and O–H groups in total. The molecule has 174 valence electrons. The third-order valence-corrected chi connectivity index (χ3v) is 8.54. The molecule has 1 fully saturated rings. The van der Waals surface area contributed by atoms with Crippen molar-refractivity contribution >= 4 is 17.3 Å². The average Bonchev–Trinajstić information content (AvgIpc) is 3.42. The molecule has 0 amide bonds. The Hall–Kier alpha value is -2.45. The lowest BCUT2D eigenvalue weighted by Gasteiger charge is -2.51. The zero-order valence-electron chi connectivity index (χ0n) is 20.0. The minimum atomic E-state index is -0.237. The van der Waals surface area contributed by atoms with E-state index in [2.05, 4.69) is 81.0 Å². The number of aromatic nitrogens is 5. The third kappa shape index (κ3) is 3.64. The predicted molar refractivity (Wildman–Crippen MR) is 129 cm³/mol. The Morgan fingerprint density at radius 2 is 1.91 bits per heavy atom. The van der Waals surface area contributed by atoms with Gasteiger partial charge in [-0.05, 0) is 49.7 Å². The Kier molecular flexibility index (Phi) is 5.69. The quantitative estimate of drug-likeness (QED) is 0.568. The zero-order valence-corrected chi connectivity index (χ0v) is 20.8. The summed E-state index contributed by atoms with van der Waals surface area (Å²) in [5.41, 5.74) is 1.01. The summed E-state index contributed by atoms with van der Waals surface area (Å²) in [4.78, 5) is 20.9. The number of Topliss-reactive ketones (excluding diaryl/α,β-unsaturated/α-hetero) is 1. The summed E-state index contributed by atoms with van der Waals surface area (Å²) in [7, 11) is 0. The molecule has 3 unspecified atom stereocenters. The molecule has 8 heteroatoms. The summed E-state index contributed by atoms with van der Waals surface area (Å²) in [5.74, 6) is 3.25. The highest BCUT2D eigenvalue weighted by Gasteiger charge is 2.52. The minimum Gasteiger partial charge on any atom is -0.306 e. The molecule has 0 saturated heterocycles. The van der Waals surface area contributed by atoms with E-state index in [1.807, 2.05) is 13.0 Å². The van der Waals surface area contributed by atoms with E-state index in [1.165, 1.54) is 17.1 Å². The molecule has 3 heterocycles. The van der Waals surface area contributed by atoms with E-state index >= 15 is 0 Å². The minimum absolute atomic E-state index is 0.0167. The van der Waals surface area contributed by atoms with Gasteiger partial charge in [0.05, 0.1) is 12.1 Å². The number of carbonyl (C=O) groups excluding carboxylic acids is 1. The van der Waals surface area contributed by atoms with Gasteiger partial charge in [-0.2, -0.15) is 4.37 Å². The van der Waals surface area contributed by atoms with E-state index < -0.39 is 0 Å². The highest BCUT2D eigenvalue weighted by Crippen LogP contribution is 2.46. The number of fused-ring (bicyclic) bond motifs is 1. The Morgan fingerprint density at radius 3 is 2.58 bits per heavy atom. The lowest BCUT2D eigenvalue weighted by atomic mass is 9.61. The van der Waals surface area contributed by atoms with Gasteiger partial charge < -0.3 is 4.57 Å². The molecule has 5 rings (SSSR count). The second-order valence-corrected chi connectivity index (χ2v) is 10.8. The van der Waals surface area contributed by atoms with Gasteiger partial charge in [-0.3, -0.25) is 9.69 Å². The van der Waals surface area contributed by atoms with E-state index in [1.54, 1.807) is 0 Å². The standard InChI is InChI=1S/C25H32N6OS/c1-15(2)19-11-12-25(5,18-9-7-6-8-10-18)21(20(19)32)30-13-14-31-22(16(30)3)27-28-23(31)24-26-17(4)29-33-24/h6-10,15-16,19,21H,11-14H2,1-5H3/t16?,19?,21?,25-/m1/s1. The highest BCUT2D eigenvalue weighted by atomic mass is 32.1. The van der Waals surface area contributed by atoms with Crippen molar-refractivity contribution in [1.29, 1.82) is 0 Å². The van der Waals surface area contributed by atoms with E-state index in [4.69, 9.17) is 0 Å². The van der Waals surface area contributed by atoms with Gasteiger partial charge in [-0.15, -0.1) is 10.2 Å².